The number of benzene rings is 1. The Morgan fingerprint density at radius 1 is 1.06 bits per heavy atom. The number of aryl methyl sites for hydroxylation is 2. The summed E-state index contributed by atoms with van der Waals surface area (Å²) < 4.78 is 1.97. The SMILES string of the molecule is Cc1cc(C)c2[nH]c(=O)c([C@H](c3nnnn3C3CCCCC3)N3CCC(O)CC3)cc2c1. The predicted octanol–water partition coefficient (Wildman–Crippen LogP) is 3.18. The van der Waals surface area contributed by atoms with Gasteiger partial charge >= 0.3 is 0 Å². The quantitative estimate of drug-likeness (QED) is 0.652. The fourth-order valence-corrected chi connectivity index (χ4v) is 5.52. The van der Waals surface area contributed by atoms with Crippen LogP contribution in [-0.4, -0.2) is 54.4 Å². The van der Waals surface area contributed by atoms with Crippen molar-refractivity contribution in [3.8, 4) is 0 Å². The number of rotatable bonds is 4. The lowest BCUT2D eigenvalue weighted by Crippen LogP contribution is -2.42. The smallest absolute Gasteiger partial charge is 0.253 e. The van der Waals surface area contributed by atoms with Crippen LogP contribution in [0.3, 0.4) is 0 Å². The van der Waals surface area contributed by atoms with Gasteiger partial charge in [0.1, 0.15) is 6.04 Å². The van der Waals surface area contributed by atoms with Crippen LogP contribution in [0.1, 0.15) is 79.5 Å². The Kier molecular flexibility index (Phi) is 5.82. The minimum atomic E-state index is -0.339. The van der Waals surface area contributed by atoms with E-state index in [0.29, 0.717) is 31.5 Å². The number of fused-ring (bicyclic) bond motifs is 1. The molecule has 8 heteroatoms. The van der Waals surface area contributed by atoms with Crippen LogP contribution < -0.4 is 5.56 Å². The summed E-state index contributed by atoms with van der Waals surface area (Å²) in [7, 11) is 0. The predicted molar refractivity (Wildman–Crippen MR) is 123 cm³/mol. The number of aliphatic hydroxyl groups is 1. The van der Waals surface area contributed by atoms with Crippen LogP contribution in [0.2, 0.25) is 0 Å². The summed E-state index contributed by atoms with van der Waals surface area (Å²) in [5.41, 5.74) is 3.68. The van der Waals surface area contributed by atoms with Crippen molar-refractivity contribution in [2.24, 2.45) is 0 Å². The van der Waals surface area contributed by atoms with Crippen LogP contribution in [0.15, 0.2) is 23.0 Å². The van der Waals surface area contributed by atoms with Crippen molar-refractivity contribution >= 4 is 10.9 Å². The van der Waals surface area contributed by atoms with Crippen molar-refractivity contribution in [1.82, 2.24) is 30.1 Å². The van der Waals surface area contributed by atoms with Crippen molar-refractivity contribution in [1.29, 1.82) is 0 Å². The molecule has 3 aromatic rings. The molecule has 2 aromatic heterocycles. The van der Waals surface area contributed by atoms with E-state index < -0.39 is 0 Å². The van der Waals surface area contributed by atoms with Crippen molar-refractivity contribution in [2.45, 2.75) is 77.0 Å². The number of nitrogens with zero attached hydrogens (tertiary/aromatic N) is 5. The maximum Gasteiger partial charge on any atom is 0.253 e. The first kappa shape index (κ1) is 21.3. The zero-order valence-electron chi connectivity index (χ0n) is 18.9. The molecule has 0 spiro atoms. The van der Waals surface area contributed by atoms with Crippen molar-refractivity contribution in [2.75, 3.05) is 13.1 Å². The van der Waals surface area contributed by atoms with Gasteiger partial charge in [-0.1, -0.05) is 30.9 Å². The van der Waals surface area contributed by atoms with Crippen LogP contribution in [0, 0.1) is 13.8 Å². The van der Waals surface area contributed by atoms with Gasteiger partial charge in [0, 0.05) is 18.7 Å². The van der Waals surface area contributed by atoms with E-state index in [1.165, 1.54) is 19.3 Å². The van der Waals surface area contributed by atoms with Crippen molar-refractivity contribution < 1.29 is 5.11 Å². The van der Waals surface area contributed by atoms with Gasteiger partial charge in [-0.2, -0.15) is 0 Å². The van der Waals surface area contributed by atoms with E-state index in [1.54, 1.807) is 0 Å². The second kappa shape index (κ2) is 8.75. The maximum absolute atomic E-state index is 13.4. The van der Waals surface area contributed by atoms with Crippen molar-refractivity contribution in [3.05, 3.63) is 51.1 Å². The molecule has 1 aliphatic heterocycles. The average molecular weight is 437 g/mol. The third-order valence-corrected chi connectivity index (χ3v) is 7.16. The molecule has 0 unspecified atom stereocenters. The van der Waals surface area contributed by atoms with Crippen LogP contribution in [0.25, 0.3) is 10.9 Å². The summed E-state index contributed by atoms with van der Waals surface area (Å²) in [5, 5.41) is 24.0. The molecular weight excluding hydrogens is 404 g/mol. The van der Waals surface area contributed by atoms with E-state index in [2.05, 4.69) is 44.5 Å². The van der Waals surface area contributed by atoms with E-state index in [9.17, 15) is 9.90 Å². The molecule has 3 heterocycles. The van der Waals surface area contributed by atoms with Gasteiger partial charge in [-0.05, 0) is 73.0 Å². The summed E-state index contributed by atoms with van der Waals surface area (Å²) in [4.78, 5) is 18.8. The highest BCUT2D eigenvalue weighted by molar-refractivity contribution is 5.83. The van der Waals surface area contributed by atoms with E-state index in [1.807, 2.05) is 17.7 Å². The summed E-state index contributed by atoms with van der Waals surface area (Å²) in [5.74, 6) is 0.738. The first-order valence-electron chi connectivity index (χ1n) is 11.9. The molecule has 1 saturated heterocycles. The maximum atomic E-state index is 13.4. The Bertz CT molecular complexity index is 1150. The molecule has 1 atom stereocenters. The van der Waals surface area contributed by atoms with E-state index in [0.717, 1.165) is 40.7 Å². The Morgan fingerprint density at radius 3 is 2.56 bits per heavy atom. The summed E-state index contributed by atoms with van der Waals surface area (Å²) in [6.07, 6.45) is 6.83. The lowest BCUT2D eigenvalue weighted by Gasteiger charge is -2.36. The first-order valence-corrected chi connectivity index (χ1v) is 11.9. The number of H-pyrrole nitrogens is 1. The molecule has 0 bridgehead atoms. The van der Waals surface area contributed by atoms with Crippen LogP contribution >= 0.6 is 0 Å². The highest BCUT2D eigenvalue weighted by atomic mass is 16.3. The normalized spacial score (nSPS) is 20.1. The molecule has 8 nitrogen and oxygen atoms in total. The van der Waals surface area contributed by atoms with Gasteiger partial charge in [0.15, 0.2) is 5.82 Å². The second-order valence-electron chi connectivity index (χ2n) is 9.54. The third kappa shape index (κ3) is 3.97. The molecule has 2 aliphatic rings. The molecule has 1 saturated carbocycles. The minimum Gasteiger partial charge on any atom is -0.393 e. The number of piperidine rings is 1. The lowest BCUT2D eigenvalue weighted by atomic mass is 9.94. The van der Waals surface area contributed by atoms with Crippen LogP contribution in [0.5, 0.6) is 0 Å². The minimum absolute atomic E-state index is 0.0984. The first-order chi connectivity index (χ1) is 15.5. The van der Waals surface area contributed by atoms with Gasteiger partial charge in [0.05, 0.1) is 17.7 Å². The number of tetrazole rings is 1. The molecule has 5 rings (SSSR count). The summed E-state index contributed by atoms with van der Waals surface area (Å²) in [6, 6.07) is 6.15. The van der Waals surface area contributed by atoms with Crippen LogP contribution in [0.4, 0.5) is 0 Å². The average Bonchev–Trinajstić information content (AvgIpc) is 3.26. The largest absolute Gasteiger partial charge is 0.393 e. The Morgan fingerprint density at radius 2 is 1.81 bits per heavy atom. The number of hydrogen-bond donors (Lipinski definition) is 2. The fraction of sp³-hybridized carbons (Fsp3) is 0.583. The van der Waals surface area contributed by atoms with Gasteiger partial charge in [0.2, 0.25) is 0 Å². The topological polar surface area (TPSA) is 99.9 Å². The summed E-state index contributed by atoms with van der Waals surface area (Å²) >= 11 is 0. The van der Waals surface area contributed by atoms with E-state index in [-0.39, 0.29) is 23.7 Å². The second-order valence-corrected chi connectivity index (χ2v) is 9.54. The van der Waals surface area contributed by atoms with Crippen molar-refractivity contribution in [3.63, 3.8) is 0 Å². The standard InChI is InChI=1S/C24H32N6O2/c1-15-12-16(2)21-17(13-15)14-20(24(32)25-21)22(29-10-8-19(31)9-11-29)23-26-27-28-30(23)18-6-4-3-5-7-18/h12-14,18-19,22,31H,3-11H2,1-2H3,(H,25,32)/t22-/m1/s1. The zero-order chi connectivity index (χ0) is 22.2. The Hall–Kier alpha value is -2.58. The van der Waals surface area contributed by atoms with Gasteiger partial charge in [-0.3, -0.25) is 9.69 Å². The molecule has 1 aliphatic carbocycles. The molecule has 0 radical (unpaired) electrons. The molecule has 2 N–H and O–H groups in total. The number of likely N-dealkylation sites (tertiary alicyclic amines) is 1. The monoisotopic (exact) mass is 436 g/mol. The fourth-order valence-electron chi connectivity index (χ4n) is 5.52. The van der Waals surface area contributed by atoms with Gasteiger partial charge in [0.25, 0.3) is 5.56 Å². The molecule has 32 heavy (non-hydrogen) atoms. The Balaban J connectivity index is 1.64. The zero-order valence-corrected chi connectivity index (χ0v) is 18.9. The van der Waals surface area contributed by atoms with Crippen LogP contribution in [-0.2, 0) is 0 Å². The lowest BCUT2D eigenvalue weighted by molar-refractivity contribution is 0.0651. The van der Waals surface area contributed by atoms with E-state index >= 15 is 0 Å². The molecular formula is C24H32N6O2. The number of pyridine rings is 1. The van der Waals surface area contributed by atoms with E-state index in [4.69, 9.17) is 0 Å². The highest BCUT2D eigenvalue weighted by Gasteiger charge is 2.34. The number of nitrogens with one attached hydrogen (secondary N) is 1. The molecule has 170 valence electrons. The molecule has 0 amide bonds. The number of hydrogen-bond acceptors (Lipinski definition) is 6. The van der Waals surface area contributed by atoms with Gasteiger partial charge in [-0.25, -0.2) is 4.68 Å². The Labute approximate surface area is 187 Å². The summed E-state index contributed by atoms with van der Waals surface area (Å²) in [6.45, 7) is 5.50. The number of aromatic nitrogens is 5. The van der Waals surface area contributed by atoms with Gasteiger partial charge in [-0.15, -0.1) is 5.10 Å². The number of aromatic amines is 1. The highest BCUT2D eigenvalue weighted by Crippen LogP contribution is 2.34. The molecule has 2 fully saturated rings. The van der Waals surface area contributed by atoms with Gasteiger partial charge < -0.3 is 10.1 Å². The molecule has 1 aromatic carbocycles. The third-order valence-electron chi connectivity index (χ3n) is 7.16. The number of aliphatic hydroxyl groups excluding tert-OH is 1.